The molecule has 0 spiro atoms. The van der Waals surface area contributed by atoms with Gasteiger partial charge >= 0.3 is 0 Å². The third kappa shape index (κ3) is 3.31. The highest BCUT2D eigenvalue weighted by molar-refractivity contribution is 5.89. The van der Waals surface area contributed by atoms with Crippen molar-refractivity contribution in [3.8, 4) is 6.07 Å². The van der Waals surface area contributed by atoms with E-state index >= 15 is 0 Å². The average molecular weight is 266 g/mol. The zero-order valence-corrected chi connectivity index (χ0v) is 11.0. The topological polar surface area (TPSA) is 71.5 Å². The highest BCUT2D eigenvalue weighted by atomic mass is 16.8. The molecular weight excluding hydrogens is 252 g/mol. The number of aryl methyl sites for hydroxylation is 1. The van der Waals surface area contributed by atoms with Crippen LogP contribution >= 0.6 is 0 Å². The fourth-order valence-electron chi connectivity index (χ4n) is 1.84. The first kappa shape index (κ1) is 14.0. The number of nitrogens with zero attached hydrogens (tertiary/aromatic N) is 1. The SMILES string of the molecule is Cc1ccc(/C(C#N)=C\c2cccc([NH+]([O-])O)c2)cc1. The lowest BCUT2D eigenvalue weighted by Crippen LogP contribution is -2.99. The van der Waals surface area contributed by atoms with E-state index in [2.05, 4.69) is 6.07 Å². The molecule has 0 saturated heterocycles. The quantitative estimate of drug-likeness (QED) is 0.509. The molecule has 4 heteroatoms. The van der Waals surface area contributed by atoms with E-state index < -0.39 is 5.23 Å². The Morgan fingerprint density at radius 1 is 1.25 bits per heavy atom. The molecule has 0 fully saturated rings. The molecule has 0 saturated carbocycles. The molecule has 0 bridgehead atoms. The molecule has 20 heavy (non-hydrogen) atoms. The first-order valence-electron chi connectivity index (χ1n) is 6.12. The van der Waals surface area contributed by atoms with E-state index in [4.69, 9.17) is 5.21 Å². The molecule has 0 aliphatic heterocycles. The predicted molar refractivity (Wildman–Crippen MR) is 76.9 cm³/mol. The molecule has 0 amide bonds. The predicted octanol–water partition coefficient (Wildman–Crippen LogP) is 2.46. The number of hydrogen-bond acceptors (Lipinski definition) is 3. The van der Waals surface area contributed by atoms with Crippen molar-refractivity contribution in [1.82, 2.24) is 0 Å². The van der Waals surface area contributed by atoms with Gasteiger partial charge in [0.15, 0.2) is 5.69 Å². The summed E-state index contributed by atoms with van der Waals surface area (Å²) in [5.74, 6) is 0. The molecule has 0 aromatic heterocycles. The zero-order chi connectivity index (χ0) is 14.5. The molecule has 1 unspecified atom stereocenters. The number of nitrogens with one attached hydrogen (secondary N) is 1. The maximum absolute atomic E-state index is 10.9. The van der Waals surface area contributed by atoms with Crippen molar-refractivity contribution >= 4 is 17.3 Å². The van der Waals surface area contributed by atoms with Gasteiger partial charge in [0.2, 0.25) is 0 Å². The van der Waals surface area contributed by atoms with Crippen LogP contribution in [0.4, 0.5) is 5.69 Å². The molecule has 2 N–H and O–H groups in total. The van der Waals surface area contributed by atoms with Gasteiger partial charge < -0.3 is 5.21 Å². The maximum atomic E-state index is 10.9. The van der Waals surface area contributed by atoms with Crippen LogP contribution in [0.25, 0.3) is 11.6 Å². The monoisotopic (exact) mass is 266 g/mol. The van der Waals surface area contributed by atoms with E-state index in [1.165, 1.54) is 6.07 Å². The van der Waals surface area contributed by atoms with Gasteiger partial charge in [-0.15, -0.1) is 0 Å². The van der Waals surface area contributed by atoms with Crippen LogP contribution in [-0.2, 0) is 0 Å². The molecule has 0 aliphatic carbocycles. The van der Waals surface area contributed by atoms with Gasteiger partial charge in [-0.25, -0.2) is 5.21 Å². The third-order valence-electron chi connectivity index (χ3n) is 2.93. The van der Waals surface area contributed by atoms with Crippen LogP contribution in [0.1, 0.15) is 16.7 Å². The van der Waals surface area contributed by atoms with Crippen LogP contribution in [0.15, 0.2) is 48.5 Å². The lowest BCUT2D eigenvalue weighted by molar-refractivity contribution is -0.991. The summed E-state index contributed by atoms with van der Waals surface area (Å²) in [4.78, 5) is 0. The minimum atomic E-state index is -0.978. The molecule has 2 rings (SSSR count). The lowest BCUT2D eigenvalue weighted by Gasteiger charge is -2.11. The summed E-state index contributed by atoms with van der Waals surface area (Å²) in [6.07, 6.45) is 1.69. The van der Waals surface area contributed by atoms with E-state index in [-0.39, 0.29) is 5.69 Å². The third-order valence-corrected chi connectivity index (χ3v) is 2.93. The van der Waals surface area contributed by atoms with E-state index in [9.17, 15) is 10.5 Å². The second-order valence-corrected chi connectivity index (χ2v) is 4.47. The summed E-state index contributed by atoms with van der Waals surface area (Å²) in [6.45, 7) is 1.98. The van der Waals surface area contributed by atoms with Crippen LogP contribution < -0.4 is 5.23 Å². The Hall–Kier alpha value is -2.45. The van der Waals surface area contributed by atoms with Crippen LogP contribution in [-0.4, -0.2) is 5.21 Å². The summed E-state index contributed by atoms with van der Waals surface area (Å²) >= 11 is 0. The normalized spacial score (nSPS) is 12.8. The number of nitriles is 1. The van der Waals surface area contributed by atoms with Gasteiger partial charge in [-0.05, 0) is 24.1 Å². The Morgan fingerprint density at radius 3 is 2.55 bits per heavy atom. The minimum absolute atomic E-state index is 0.208. The molecule has 0 radical (unpaired) electrons. The second kappa shape index (κ2) is 6.13. The Bertz CT molecular complexity index is 668. The molecule has 0 aliphatic rings. The van der Waals surface area contributed by atoms with Gasteiger partial charge in [-0.3, -0.25) is 0 Å². The summed E-state index contributed by atoms with van der Waals surface area (Å²) in [5.41, 5.74) is 3.35. The summed E-state index contributed by atoms with van der Waals surface area (Å²) in [6, 6.07) is 16.3. The summed E-state index contributed by atoms with van der Waals surface area (Å²) < 4.78 is 0. The van der Waals surface area contributed by atoms with Gasteiger partial charge in [-0.1, -0.05) is 42.0 Å². The van der Waals surface area contributed by atoms with Crippen molar-refractivity contribution in [2.45, 2.75) is 6.92 Å². The fraction of sp³-hybridized carbons (Fsp3) is 0.0625. The molecule has 1 atom stereocenters. The fourth-order valence-corrected chi connectivity index (χ4v) is 1.84. The van der Waals surface area contributed by atoms with Crippen LogP contribution in [0.3, 0.4) is 0 Å². The van der Waals surface area contributed by atoms with Crippen LogP contribution in [0.2, 0.25) is 0 Å². The van der Waals surface area contributed by atoms with Gasteiger partial charge in [0.25, 0.3) is 0 Å². The van der Waals surface area contributed by atoms with Crippen LogP contribution in [0, 0.1) is 23.5 Å². The van der Waals surface area contributed by atoms with Gasteiger partial charge in [0, 0.05) is 12.1 Å². The lowest BCUT2D eigenvalue weighted by atomic mass is 10.0. The maximum Gasteiger partial charge on any atom is 0.164 e. The highest BCUT2D eigenvalue weighted by Gasteiger charge is 2.03. The Kier molecular flexibility index (Phi) is 4.28. The number of hydrogen-bond donors (Lipinski definition) is 2. The minimum Gasteiger partial charge on any atom is -0.595 e. The summed E-state index contributed by atoms with van der Waals surface area (Å²) in [5, 5.41) is 28.2. The Labute approximate surface area is 117 Å². The smallest absolute Gasteiger partial charge is 0.164 e. The van der Waals surface area contributed by atoms with E-state index in [1.54, 1.807) is 24.3 Å². The number of benzene rings is 2. The van der Waals surface area contributed by atoms with Crippen molar-refractivity contribution in [2.75, 3.05) is 0 Å². The molecular formula is C16H14N2O2. The largest absolute Gasteiger partial charge is 0.595 e. The van der Waals surface area contributed by atoms with Crippen molar-refractivity contribution in [2.24, 2.45) is 0 Å². The first-order valence-corrected chi connectivity index (χ1v) is 6.12. The van der Waals surface area contributed by atoms with Crippen molar-refractivity contribution in [3.05, 3.63) is 70.4 Å². The molecule has 4 nitrogen and oxygen atoms in total. The molecule has 100 valence electrons. The van der Waals surface area contributed by atoms with E-state index in [0.29, 0.717) is 11.1 Å². The van der Waals surface area contributed by atoms with Crippen molar-refractivity contribution in [3.63, 3.8) is 0 Å². The van der Waals surface area contributed by atoms with Gasteiger partial charge in [0.1, 0.15) is 0 Å². The Balaban J connectivity index is 2.39. The van der Waals surface area contributed by atoms with Crippen molar-refractivity contribution in [1.29, 1.82) is 5.26 Å². The highest BCUT2D eigenvalue weighted by Crippen LogP contribution is 2.19. The first-order chi connectivity index (χ1) is 9.60. The Morgan fingerprint density at radius 2 is 1.95 bits per heavy atom. The van der Waals surface area contributed by atoms with E-state index in [0.717, 1.165) is 11.1 Å². The molecule has 2 aromatic rings. The van der Waals surface area contributed by atoms with Crippen LogP contribution in [0.5, 0.6) is 0 Å². The van der Waals surface area contributed by atoms with E-state index in [1.807, 2.05) is 31.2 Å². The van der Waals surface area contributed by atoms with Gasteiger partial charge in [-0.2, -0.15) is 10.5 Å². The summed E-state index contributed by atoms with van der Waals surface area (Å²) in [7, 11) is 0. The second-order valence-electron chi connectivity index (χ2n) is 4.47. The average Bonchev–Trinajstić information content (AvgIpc) is 2.46. The number of quaternary nitrogens is 1. The standard InChI is InChI=1S/C16H14N2O2/c1-12-5-7-14(8-6-12)15(11-17)9-13-3-2-4-16(10-13)18(19)20/h2-10,18-19H,1H3/b15-9-. The van der Waals surface area contributed by atoms with Gasteiger partial charge in [0.05, 0.1) is 11.6 Å². The molecule has 0 heterocycles. The zero-order valence-electron chi connectivity index (χ0n) is 11.0. The number of rotatable bonds is 3. The number of allylic oxidation sites excluding steroid dienone is 1. The van der Waals surface area contributed by atoms with Crippen molar-refractivity contribution < 1.29 is 10.4 Å². The molecule has 2 aromatic carbocycles.